The van der Waals surface area contributed by atoms with Gasteiger partial charge in [-0.15, -0.1) is 0 Å². The van der Waals surface area contributed by atoms with E-state index in [2.05, 4.69) is 9.97 Å². The molecule has 4 nitrogen and oxygen atoms in total. The lowest BCUT2D eigenvalue weighted by atomic mass is 10.2. The fourth-order valence-electron chi connectivity index (χ4n) is 1.38. The first kappa shape index (κ1) is 11.2. The van der Waals surface area contributed by atoms with E-state index in [9.17, 15) is 0 Å². The maximum atomic E-state index is 5.81. The van der Waals surface area contributed by atoms with Gasteiger partial charge in [0.25, 0.3) is 0 Å². The van der Waals surface area contributed by atoms with Gasteiger partial charge in [0, 0.05) is 0 Å². The van der Waals surface area contributed by atoms with Crippen molar-refractivity contribution >= 4 is 34.2 Å². The number of halogens is 2. The minimum atomic E-state index is 0.140. The summed E-state index contributed by atoms with van der Waals surface area (Å²) in [6.07, 6.45) is 0. The molecule has 0 aliphatic rings. The van der Waals surface area contributed by atoms with Gasteiger partial charge in [0.2, 0.25) is 0 Å². The highest BCUT2D eigenvalue weighted by molar-refractivity contribution is 6.40. The predicted octanol–water partition coefficient (Wildman–Crippen LogP) is 2.95. The predicted molar refractivity (Wildman–Crippen MR) is 62.7 cm³/mol. The molecule has 16 heavy (non-hydrogen) atoms. The summed E-state index contributed by atoms with van der Waals surface area (Å²) >= 11 is 11.6. The van der Waals surface area contributed by atoms with Crippen LogP contribution in [0.4, 0.5) is 0 Å². The molecular weight excluding hydrogens is 251 g/mol. The van der Waals surface area contributed by atoms with Gasteiger partial charge in [0.1, 0.15) is 22.5 Å². The molecule has 0 bridgehead atoms. The minimum absolute atomic E-state index is 0.140. The quantitative estimate of drug-likeness (QED) is 0.831. The average molecular weight is 259 g/mol. The average Bonchev–Trinajstić information content (AvgIpc) is 2.29. The molecule has 1 aromatic carbocycles. The van der Waals surface area contributed by atoms with Gasteiger partial charge < -0.3 is 9.47 Å². The highest BCUT2D eigenvalue weighted by Crippen LogP contribution is 2.33. The van der Waals surface area contributed by atoms with E-state index in [1.54, 1.807) is 26.4 Å². The lowest BCUT2D eigenvalue weighted by Crippen LogP contribution is -1.94. The van der Waals surface area contributed by atoms with Crippen molar-refractivity contribution in [2.75, 3.05) is 14.2 Å². The molecule has 0 saturated heterocycles. The molecule has 1 aromatic heterocycles. The first-order chi connectivity index (χ1) is 7.67. The number of ether oxygens (including phenoxy) is 2. The molecule has 0 fully saturated rings. The van der Waals surface area contributed by atoms with Gasteiger partial charge in [-0.3, -0.25) is 0 Å². The summed E-state index contributed by atoms with van der Waals surface area (Å²) in [6, 6.07) is 3.47. The van der Waals surface area contributed by atoms with E-state index in [1.807, 2.05) is 0 Å². The molecule has 2 aromatic rings. The Kier molecular flexibility index (Phi) is 3.03. The number of rotatable bonds is 2. The lowest BCUT2D eigenvalue weighted by Gasteiger charge is -2.08. The largest absolute Gasteiger partial charge is 0.494 e. The van der Waals surface area contributed by atoms with Gasteiger partial charge in [0.05, 0.1) is 14.2 Å². The van der Waals surface area contributed by atoms with E-state index >= 15 is 0 Å². The summed E-state index contributed by atoms with van der Waals surface area (Å²) in [5.74, 6) is 1.14. The first-order valence-electron chi connectivity index (χ1n) is 4.41. The zero-order chi connectivity index (χ0) is 11.7. The monoisotopic (exact) mass is 258 g/mol. The van der Waals surface area contributed by atoms with Crippen LogP contribution in [0.3, 0.4) is 0 Å². The Hall–Kier alpha value is -1.26. The number of aromatic nitrogens is 2. The van der Waals surface area contributed by atoms with Crippen molar-refractivity contribution in [2.24, 2.45) is 0 Å². The summed E-state index contributed by atoms with van der Waals surface area (Å²) < 4.78 is 10.3. The fraction of sp³-hybridized carbons (Fsp3) is 0.200. The third-order valence-corrected chi connectivity index (χ3v) is 2.73. The van der Waals surface area contributed by atoms with Crippen LogP contribution in [0.1, 0.15) is 0 Å². The van der Waals surface area contributed by atoms with Crippen molar-refractivity contribution in [2.45, 2.75) is 0 Å². The molecule has 0 atom stereocenters. The second kappa shape index (κ2) is 4.31. The number of methoxy groups -OCH3 is 2. The summed E-state index contributed by atoms with van der Waals surface area (Å²) in [4.78, 5) is 8.24. The lowest BCUT2D eigenvalue weighted by molar-refractivity contribution is 0.409. The van der Waals surface area contributed by atoms with Crippen molar-refractivity contribution in [1.82, 2.24) is 9.97 Å². The summed E-state index contributed by atoms with van der Waals surface area (Å²) in [7, 11) is 3.09. The third-order valence-electron chi connectivity index (χ3n) is 2.11. The van der Waals surface area contributed by atoms with Crippen LogP contribution in [-0.4, -0.2) is 24.2 Å². The van der Waals surface area contributed by atoms with Crippen LogP contribution >= 0.6 is 23.2 Å². The Morgan fingerprint density at radius 2 is 1.25 bits per heavy atom. The Morgan fingerprint density at radius 3 is 1.56 bits per heavy atom. The smallest absolute Gasteiger partial charge is 0.167 e. The third kappa shape index (κ3) is 1.74. The normalized spacial score (nSPS) is 10.5. The van der Waals surface area contributed by atoms with Crippen molar-refractivity contribution in [3.8, 4) is 11.5 Å². The van der Waals surface area contributed by atoms with E-state index in [0.29, 0.717) is 22.5 Å². The highest BCUT2D eigenvalue weighted by atomic mass is 35.5. The summed E-state index contributed by atoms with van der Waals surface area (Å²) in [5.41, 5.74) is 1.05. The molecule has 0 saturated carbocycles. The van der Waals surface area contributed by atoms with Crippen molar-refractivity contribution in [3.05, 3.63) is 22.4 Å². The van der Waals surface area contributed by atoms with Gasteiger partial charge >= 0.3 is 0 Å². The maximum Gasteiger partial charge on any atom is 0.167 e. The molecule has 84 valence electrons. The molecule has 0 aliphatic carbocycles. The molecule has 0 N–H and O–H groups in total. The van der Waals surface area contributed by atoms with Crippen LogP contribution in [0.2, 0.25) is 10.3 Å². The zero-order valence-corrected chi connectivity index (χ0v) is 10.1. The van der Waals surface area contributed by atoms with Gasteiger partial charge in [-0.1, -0.05) is 23.2 Å². The van der Waals surface area contributed by atoms with Crippen LogP contribution in [0.5, 0.6) is 11.5 Å². The van der Waals surface area contributed by atoms with E-state index in [1.165, 1.54) is 0 Å². The molecule has 6 heteroatoms. The van der Waals surface area contributed by atoms with Crippen LogP contribution < -0.4 is 9.47 Å². The van der Waals surface area contributed by atoms with Crippen LogP contribution in [0.15, 0.2) is 12.1 Å². The number of hydrogen-bond acceptors (Lipinski definition) is 4. The van der Waals surface area contributed by atoms with E-state index in [4.69, 9.17) is 32.7 Å². The maximum absolute atomic E-state index is 5.81. The fourth-order valence-corrected chi connectivity index (χ4v) is 1.63. The number of benzene rings is 1. The summed E-state index contributed by atoms with van der Waals surface area (Å²) in [5, 5.41) is 0.279. The van der Waals surface area contributed by atoms with Gasteiger partial charge in [-0.05, 0) is 12.1 Å². The molecule has 0 radical (unpaired) electrons. The van der Waals surface area contributed by atoms with Gasteiger partial charge in [0.15, 0.2) is 10.3 Å². The number of fused-ring (bicyclic) bond motifs is 1. The van der Waals surface area contributed by atoms with Crippen LogP contribution in [0.25, 0.3) is 11.0 Å². The van der Waals surface area contributed by atoms with E-state index in [0.717, 1.165) is 0 Å². The molecule has 0 spiro atoms. The van der Waals surface area contributed by atoms with E-state index < -0.39 is 0 Å². The van der Waals surface area contributed by atoms with E-state index in [-0.39, 0.29) is 10.3 Å². The number of hydrogen-bond donors (Lipinski definition) is 0. The summed E-state index contributed by atoms with van der Waals surface area (Å²) in [6.45, 7) is 0. The topological polar surface area (TPSA) is 44.2 Å². The van der Waals surface area contributed by atoms with Crippen molar-refractivity contribution < 1.29 is 9.47 Å². The van der Waals surface area contributed by atoms with Crippen molar-refractivity contribution in [1.29, 1.82) is 0 Å². The second-order valence-electron chi connectivity index (χ2n) is 2.97. The standard InChI is InChI=1S/C10H8Cl2N2O2/c1-15-5-3-4-6(16-2)8-7(5)13-9(11)10(12)14-8/h3-4H,1-2H3. The first-order valence-corrected chi connectivity index (χ1v) is 5.16. The molecule has 0 aliphatic heterocycles. The second-order valence-corrected chi connectivity index (χ2v) is 3.69. The van der Waals surface area contributed by atoms with Crippen molar-refractivity contribution in [3.63, 3.8) is 0 Å². The Bertz CT molecular complexity index is 497. The molecular formula is C10H8Cl2N2O2. The van der Waals surface area contributed by atoms with Crippen LogP contribution in [-0.2, 0) is 0 Å². The molecule has 1 heterocycles. The van der Waals surface area contributed by atoms with Gasteiger partial charge in [-0.2, -0.15) is 0 Å². The zero-order valence-electron chi connectivity index (χ0n) is 8.62. The minimum Gasteiger partial charge on any atom is -0.494 e. The number of nitrogens with zero attached hydrogens (tertiary/aromatic N) is 2. The van der Waals surface area contributed by atoms with Gasteiger partial charge in [-0.25, -0.2) is 9.97 Å². The molecule has 2 rings (SSSR count). The Labute approximate surface area is 102 Å². The SMILES string of the molecule is COc1ccc(OC)c2nc(Cl)c(Cl)nc12. The Balaban J connectivity index is 2.85. The van der Waals surface area contributed by atoms with Crippen LogP contribution in [0, 0.1) is 0 Å². The Morgan fingerprint density at radius 1 is 0.875 bits per heavy atom. The molecule has 0 amide bonds. The molecule has 0 unspecified atom stereocenters. The highest BCUT2D eigenvalue weighted by Gasteiger charge is 2.13.